The Balaban J connectivity index is 1.69. The molecule has 26 heavy (non-hydrogen) atoms. The minimum Gasteiger partial charge on any atom is -0.462 e. The van der Waals surface area contributed by atoms with Gasteiger partial charge in [0.15, 0.2) is 0 Å². The number of nitrogens with zero attached hydrogens (tertiary/aromatic N) is 2. The van der Waals surface area contributed by atoms with Crippen LogP contribution in [0.4, 0.5) is 5.69 Å². The van der Waals surface area contributed by atoms with Crippen molar-refractivity contribution in [1.82, 2.24) is 4.90 Å². The van der Waals surface area contributed by atoms with Gasteiger partial charge in [-0.15, -0.1) is 0 Å². The number of para-hydroxylation sites is 1. The highest BCUT2D eigenvalue weighted by molar-refractivity contribution is 6.30. The van der Waals surface area contributed by atoms with Crippen LogP contribution in [0, 0.1) is 0 Å². The van der Waals surface area contributed by atoms with Crippen LogP contribution in [0.3, 0.4) is 0 Å². The Morgan fingerprint density at radius 3 is 2.46 bits per heavy atom. The lowest BCUT2D eigenvalue weighted by Crippen LogP contribution is -2.49. The van der Waals surface area contributed by atoms with Crippen LogP contribution in [-0.2, 0) is 4.74 Å². The normalized spacial score (nSPS) is 14.2. The highest BCUT2D eigenvalue weighted by Gasteiger charge is 2.25. The maximum atomic E-state index is 12.6. The summed E-state index contributed by atoms with van der Waals surface area (Å²) in [6, 6.07) is 14.4. The average molecular weight is 373 g/mol. The van der Waals surface area contributed by atoms with Gasteiger partial charge in [-0.05, 0) is 37.3 Å². The summed E-state index contributed by atoms with van der Waals surface area (Å²) in [6.07, 6.45) is 0. The highest BCUT2D eigenvalue weighted by Crippen LogP contribution is 2.23. The van der Waals surface area contributed by atoms with Crippen LogP contribution in [-0.4, -0.2) is 49.6 Å². The quantitative estimate of drug-likeness (QED) is 0.771. The standard InChI is InChI=1S/C20H21ClN2O3/c1-2-26-20(25)17-8-3-4-9-18(17)22-10-12-23(13-11-22)19(24)15-6-5-7-16(21)14-15/h3-9,14H,2,10-13H2,1H3. The number of carbonyl (C=O) groups excluding carboxylic acids is 2. The second-order valence-electron chi connectivity index (χ2n) is 6.03. The van der Waals surface area contributed by atoms with E-state index in [-0.39, 0.29) is 11.9 Å². The summed E-state index contributed by atoms with van der Waals surface area (Å²) in [5.41, 5.74) is 2.00. The monoisotopic (exact) mass is 372 g/mol. The molecule has 0 spiro atoms. The molecule has 1 fully saturated rings. The van der Waals surface area contributed by atoms with Gasteiger partial charge in [-0.3, -0.25) is 4.79 Å². The van der Waals surface area contributed by atoms with Gasteiger partial charge < -0.3 is 14.5 Å². The van der Waals surface area contributed by atoms with E-state index in [0.29, 0.717) is 48.9 Å². The Kier molecular flexibility index (Phi) is 5.78. The Labute approximate surface area is 158 Å². The number of benzene rings is 2. The molecule has 1 aliphatic rings. The number of esters is 1. The predicted octanol–water partition coefficient (Wildman–Crippen LogP) is 3.48. The van der Waals surface area contributed by atoms with Gasteiger partial charge in [0.1, 0.15) is 0 Å². The molecule has 0 bridgehead atoms. The molecule has 3 rings (SSSR count). The second-order valence-corrected chi connectivity index (χ2v) is 6.46. The molecule has 0 atom stereocenters. The van der Waals surface area contributed by atoms with E-state index in [4.69, 9.17) is 16.3 Å². The van der Waals surface area contributed by atoms with Gasteiger partial charge in [0.2, 0.25) is 0 Å². The van der Waals surface area contributed by atoms with Crippen molar-refractivity contribution in [3.05, 3.63) is 64.7 Å². The molecule has 0 radical (unpaired) electrons. The van der Waals surface area contributed by atoms with Gasteiger partial charge in [-0.2, -0.15) is 0 Å². The highest BCUT2D eigenvalue weighted by atomic mass is 35.5. The van der Waals surface area contributed by atoms with Crippen LogP contribution in [0.1, 0.15) is 27.6 Å². The molecule has 2 aromatic rings. The van der Waals surface area contributed by atoms with E-state index < -0.39 is 0 Å². The largest absolute Gasteiger partial charge is 0.462 e. The van der Waals surface area contributed by atoms with Gasteiger partial charge in [-0.25, -0.2) is 4.79 Å². The summed E-state index contributed by atoms with van der Waals surface area (Å²) < 4.78 is 5.15. The molecule has 0 saturated carbocycles. The molecule has 0 aliphatic carbocycles. The second kappa shape index (κ2) is 8.23. The molecule has 0 unspecified atom stereocenters. The van der Waals surface area contributed by atoms with Crippen LogP contribution < -0.4 is 4.90 Å². The maximum Gasteiger partial charge on any atom is 0.340 e. The Morgan fingerprint density at radius 1 is 1.04 bits per heavy atom. The number of halogens is 1. The fraction of sp³-hybridized carbons (Fsp3) is 0.300. The summed E-state index contributed by atoms with van der Waals surface area (Å²) in [7, 11) is 0. The molecule has 136 valence electrons. The Morgan fingerprint density at radius 2 is 1.77 bits per heavy atom. The number of rotatable bonds is 4. The third-order valence-corrected chi connectivity index (χ3v) is 4.61. The van der Waals surface area contributed by atoms with E-state index >= 15 is 0 Å². The summed E-state index contributed by atoms with van der Waals surface area (Å²) in [6.45, 7) is 4.62. The SMILES string of the molecule is CCOC(=O)c1ccccc1N1CCN(C(=O)c2cccc(Cl)c2)CC1. The van der Waals surface area contributed by atoms with Gasteiger partial charge >= 0.3 is 5.97 Å². The lowest BCUT2D eigenvalue weighted by atomic mass is 10.1. The third kappa shape index (κ3) is 3.99. The first-order chi connectivity index (χ1) is 12.6. The van der Waals surface area contributed by atoms with Crippen molar-refractivity contribution in [3.63, 3.8) is 0 Å². The summed E-state index contributed by atoms with van der Waals surface area (Å²) in [4.78, 5) is 28.7. The maximum absolute atomic E-state index is 12.6. The number of anilines is 1. The zero-order chi connectivity index (χ0) is 18.5. The molecule has 0 N–H and O–H groups in total. The smallest absolute Gasteiger partial charge is 0.340 e. The van der Waals surface area contributed by atoms with Gasteiger partial charge in [0.05, 0.1) is 17.9 Å². The number of hydrogen-bond acceptors (Lipinski definition) is 4. The van der Waals surface area contributed by atoms with Crippen LogP contribution >= 0.6 is 11.6 Å². The third-order valence-electron chi connectivity index (χ3n) is 4.38. The molecule has 1 aliphatic heterocycles. The van der Waals surface area contributed by atoms with Crippen molar-refractivity contribution in [2.75, 3.05) is 37.7 Å². The lowest BCUT2D eigenvalue weighted by Gasteiger charge is -2.36. The van der Waals surface area contributed by atoms with Crippen molar-refractivity contribution < 1.29 is 14.3 Å². The average Bonchev–Trinajstić information content (AvgIpc) is 2.68. The molecule has 5 nitrogen and oxygen atoms in total. The number of carbonyl (C=O) groups is 2. The Bertz CT molecular complexity index is 801. The molecule has 6 heteroatoms. The molecular weight excluding hydrogens is 352 g/mol. The molecular formula is C20H21ClN2O3. The Hall–Kier alpha value is -2.53. The first kappa shape index (κ1) is 18.3. The fourth-order valence-electron chi connectivity index (χ4n) is 3.09. The first-order valence-corrected chi connectivity index (χ1v) is 9.04. The summed E-state index contributed by atoms with van der Waals surface area (Å²) >= 11 is 5.98. The molecule has 1 heterocycles. The predicted molar refractivity (Wildman–Crippen MR) is 102 cm³/mol. The first-order valence-electron chi connectivity index (χ1n) is 8.66. The minimum absolute atomic E-state index is 0.0224. The van der Waals surface area contributed by atoms with Crippen LogP contribution in [0.15, 0.2) is 48.5 Å². The van der Waals surface area contributed by atoms with Crippen LogP contribution in [0.2, 0.25) is 5.02 Å². The molecule has 2 aromatic carbocycles. The summed E-state index contributed by atoms with van der Waals surface area (Å²) in [5, 5.41) is 0.554. The van der Waals surface area contributed by atoms with Crippen LogP contribution in [0.25, 0.3) is 0 Å². The number of piperazine rings is 1. The minimum atomic E-state index is -0.319. The van der Waals surface area contributed by atoms with Gasteiger partial charge in [-0.1, -0.05) is 29.8 Å². The van der Waals surface area contributed by atoms with Crippen molar-refractivity contribution in [2.24, 2.45) is 0 Å². The zero-order valence-corrected chi connectivity index (χ0v) is 15.4. The summed E-state index contributed by atoms with van der Waals surface area (Å²) in [5.74, 6) is -0.341. The lowest BCUT2D eigenvalue weighted by molar-refractivity contribution is 0.0526. The molecule has 0 aromatic heterocycles. The van der Waals surface area contributed by atoms with Gasteiger partial charge in [0.25, 0.3) is 5.91 Å². The molecule has 1 amide bonds. The van der Waals surface area contributed by atoms with Crippen LogP contribution in [0.5, 0.6) is 0 Å². The van der Waals surface area contributed by atoms with E-state index in [1.807, 2.05) is 23.1 Å². The van der Waals surface area contributed by atoms with Crippen molar-refractivity contribution >= 4 is 29.2 Å². The van der Waals surface area contributed by atoms with Crippen molar-refractivity contribution in [1.29, 1.82) is 0 Å². The van der Waals surface area contributed by atoms with Crippen molar-refractivity contribution in [2.45, 2.75) is 6.92 Å². The van der Waals surface area contributed by atoms with E-state index in [0.717, 1.165) is 5.69 Å². The topological polar surface area (TPSA) is 49.9 Å². The number of amides is 1. The fourth-order valence-corrected chi connectivity index (χ4v) is 3.28. The van der Waals surface area contributed by atoms with E-state index in [1.165, 1.54) is 0 Å². The number of hydrogen-bond donors (Lipinski definition) is 0. The van der Waals surface area contributed by atoms with E-state index in [9.17, 15) is 9.59 Å². The zero-order valence-electron chi connectivity index (χ0n) is 14.7. The van der Waals surface area contributed by atoms with E-state index in [1.54, 1.807) is 37.3 Å². The molecule has 1 saturated heterocycles. The van der Waals surface area contributed by atoms with Crippen molar-refractivity contribution in [3.8, 4) is 0 Å². The van der Waals surface area contributed by atoms with E-state index in [2.05, 4.69) is 4.90 Å². The van der Waals surface area contributed by atoms with Gasteiger partial charge in [0, 0.05) is 36.8 Å². The number of ether oxygens (including phenoxy) is 1.